The van der Waals surface area contributed by atoms with Gasteiger partial charge in [-0.25, -0.2) is 14.4 Å². The molecule has 0 aromatic rings. The number of unbranched alkanes of at least 4 members (excludes halogenated alkanes) is 1. The monoisotopic (exact) mass is 298 g/mol. The highest BCUT2D eigenvalue weighted by molar-refractivity contribution is 6.60. The largest absolute Gasteiger partial charge is 0.469 e. The average molecular weight is 300 g/mol. The summed E-state index contributed by atoms with van der Waals surface area (Å²) in [6.45, 7) is 4.36. The van der Waals surface area contributed by atoms with Gasteiger partial charge in [-0.2, -0.15) is 0 Å². The van der Waals surface area contributed by atoms with E-state index in [0.717, 1.165) is 0 Å². The summed E-state index contributed by atoms with van der Waals surface area (Å²) in [5, 5.41) is 21.5. The van der Waals surface area contributed by atoms with Crippen LogP contribution in [0, 0.1) is 0 Å². The Labute approximate surface area is 108 Å². The summed E-state index contributed by atoms with van der Waals surface area (Å²) < 4.78 is 0. The summed E-state index contributed by atoms with van der Waals surface area (Å²) in [6.07, 6.45) is 2.64. The lowest BCUT2D eigenvalue weighted by Crippen LogP contribution is -1.66. The summed E-state index contributed by atoms with van der Waals surface area (Å²) in [5.74, 6) is 0. The molecule has 3 N–H and O–H groups in total. The van der Waals surface area contributed by atoms with Crippen molar-refractivity contribution in [1.29, 1.82) is 0 Å². The van der Waals surface area contributed by atoms with E-state index >= 15 is 0 Å². The predicted molar refractivity (Wildman–Crippen MR) is 62.2 cm³/mol. The van der Waals surface area contributed by atoms with Crippen molar-refractivity contribution in [2.45, 2.75) is 26.7 Å². The minimum Gasteiger partial charge on any atom is -0.469 e. The summed E-state index contributed by atoms with van der Waals surface area (Å²) in [5.41, 5.74) is -4.08. The Morgan fingerprint density at radius 1 is 0.750 bits per heavy atom. The van der Waals surface area contributed by atoms with Crippen molar-refractivity contribution in [2.24, 2.45) is 0 Å². The van der Waals surface area contributed by atoms with Crippen molar-refractivity contribution >= 4 is 51.1 Å². The van der Waals surface area contributed by atoms with E-state index in [-0.39, 0.29) is 0 Å². The minimum absolute atomic E-state index is 1.32. The van der Waals surface area contributed by atoms with E-state index in [9.17, 15) is 0 Å². The van der Waals surface area contributed by atoms with E-state index in [0.29, 0.717) is 0 Å². The standard InChI is InChI=1S/C4H10.3CHClO2/c1-3-4-2;3*2-1(3)4/h3-4H2,1-2H3;3*(H,3,4). The quantitative estimate of drug-likeness (QED) is 0.614. The molecule has 0 unspecified atom stereocenters. The zero-order valence-electron chi connectivity index (χ0n) is 8.61. The Balaban J connectivity index is -0.0000000600. The van der Waals surface area contributed by atoms with Crippen molar-refractivity contribution in [3.63, 3.8) is 0 Å². The number of rotatable bonds is 1. The molecule has 0 radical (unpaired) electrons. The molecular formula is C7H13Cl3O6. The van der Waals surface area contributed by atoms with Crippen LogP contribution in [0.25, 0.3) is 0 Å². The fourth-order valence-corrected chi connectivity index (χ4v) is 0. The van der Waals surface area contributed by atoms with E-state index in [1.807, 2.05) is 0 Å². The van der Waals surface area contributed by atoms with Gasteiger partial charge in [-0.15, -0.1) is 0 Å². The second kappa shape index (κ2) is 23.8. The van der Waals surface area contributed by atoms with E-state index in [1.54, 1.807) is 0 Å². The van der Waals surface area contributed by atoms with E-state index in [1.165, 1.54) is 12.8 Å². The zero-order valence-corrected chi connectivity index (χ0v) is 10.9. The molecule has 0 fully saturated rings. The molecule has 0 rings (SSSR count). The highest BCUT2D eigenvalue weighted by atomic mass is 35.5. The minimum atomic E-state index is -1.36. The molecule has 0 bridgehead atoms. The molecular weight excluding hydrogens is 286 g/mol. The van der Waals surface area contributed by atoms with Gasteiger partial charge in [0.05, 0.1) is 0 Å². The third-order valence-electron chi connectivity index (χ3n) is 0.500. The first-order chi connectivity index (χ1) is 7.11. The summed E-state index contributed by atoms with van der Waals surface area (Å²) in [7, 11) is 0. The van der Waals surface area contributed by atoms with Crippen LogP contribution in [0.4, 0.5) is 14.4 Å². The number of carbonyl (C=O) groups is 3. The molecule has 16 heavy (non-hydrogen) atoms. The summed E-state index contributed by atoms with van der Waals surface area (Å²) in [6, 6.07) is 0. The zero-order chi connectivity index (χ0) is 14.1. The van der Waals surface area contributed by atoms with Gasteiger partial charge in [0.15, 0.2) is 0 Å². The van der Waals surface area contributed by atoms with Crippen LogP contribution in [0.5, 0.6) is 0 Å². The normalized spacial score (nSPS) is 6.56. The molecule has 0 saturated heterocycles. The number of carboxylic acid groups (broad SMARTS) is 3. The van der Waals surface area contributed by atoms with Crippen molar-refractivity contribution in [3.8, 4) is 0 Å². The van der Waals surface area contributed by atoms with Crippen LogP contribution in [0.3, 0.4) is 0 Å². The molecule has 0 aliphatic heterocycles. The first kappa shape index (κ1) is 24.5. The third kappa shape index (κ3) is 25500. The Hall–Kier alpha value is -0.720. The van der Waals surface area contributed by atoms with Gasteiger partial charge in [-0.3, -0.25) is 0 Å². The highest BCUT2D eigenvalue weighted by Gasteiger charge is 1.71. The topological polar surface area (TPSA) is 112 Å². The maximum atomic E-state index is 8.77. The van der Waals surface area contributed by atoms with E-state index < -0.39 is 16.3 Å². The molecule has 0 heterocycles. The number of hydrogen-bond acceptors (Lipinski definition) is 3. The van der Waals surface area contributed by atoms with Crippen molar-refractivity contribution < 1.29 is 29.7 Å². The molecule has 0 aliphatic carbocycles. The Morgan fingerprint density at radius 3 is 0.812 bits per heavy atom. The van der Waals surface area contributed by atoms with Gasteiger partial charge in [-0.1, -0.05) is 26.7 Å². The van der Waals surface area contributed by atoms with Crippen molar-refractivity contribution in [3.05, 3.63) is 0 Å². The molecule has 0 amide bonds. The molecule has 0 aliphatic rings. The smallest absolute Gasteiger partial charge is 0.401 e. The van der Waals surface area contributed by atoms with Crippen molar-refractivity contribution in [2.75, 3.05) is 0 Å². The summed E-state index contributed by atoms with van der Waals surface area (Å²) in [4.78, 5) is 26.3. The lowest BCUT2D eigenvalue weighted by atomic mass is 10.4. The second-order valence-corrected chi connectivity index (χ2v) is 2.73. The second-order valence-electron chi connectivity index (χ2n) is 1.76. The van der Waals surface area contributed by atoms with Gasteiger partial charge < -0.3 is 15.3 Å². The fourth-order valence-electron chi connectivity index (χ4n) is 0. The van der Waals surface area contributed by atoms with Crippen LogP contribution in [0.1, 0.15) is 26.7 Å². The number of halogens is 3. The van der Waals surface area contributed by atoms with Crippen LogP contribution < -0.4 is 0 Å². The van der Waals surface area contributed by atoms with Gasteiger partial charge in [-0.05, 0) is 0 Å². The Bertz CT molecular complexity index is 142. The molecule has 0 atom stereocenters. The molecule has 6 nitrogen and oxygen atoms in total. The molecule has 0 spiro atoms. The summed E-state index contributed by atoms with van der Waals surface area (Å²) >= 11 is 12.6. The van der Waals surface area contributed by atoms with Crippen LogP contribution in [0.2, 0.25) is 0 Å². The van der Waals surface area contributed by atoms with E-state index in [2.05, 4.69) is 48.7 Å². The maximum Gasteiger partial charge on any atom is 0.401 e. The van der Waals surface area contributed by atoms with Gasteiger partial charge >= 0.3 is 16.3 Å². The lowest BCUT2D eigenvalue weighted by Gasteiger charge is -1.68. The van der Waals surface area contributed by atoms with Gasteiger partial charge in [0.1, 0.15) is 0 Å². The fraction of sp³-hybridized carbons (Fsp3) is 0.571. The third-order valence-corrected chi connectivity index (χ3v) is 0.500. The first-order valence-electron chi connectivity index (χ1n) is 3.76. The number of hydrogen-bond donors (Lipinski definition) is 3. The predicted octanol–water partition coefficient (Wildman–Crippen LogP) is 4.52. The van der Waals surface area contributed by atoms with Gasteiger partial charge in [0, 0.05) is 34.8 Å². The van der Waals surface area contributed by atoms with Gasteiger partial charge in [0.25, 0.3) is 0 Å². The van der Waals surface area contributed by atoms with Crippen LogP contribution in [0.15, 0.2) is 0 Å². The van der Waals surface area contributed by atoms with Crippen molar-refractivity contribution in [1.82, 2.24) is 0 Å². The Morgan fingerprint density at radius 2 is 0.812 bits per heavy atom. The molecule has 98 valence electrons. The van der Waals surface area contributed by atoms with Crippen LogP contribution >= 0.6 is 34.8 Å². The lowest BCUT2D eigenvalue weighted by molar-refractivity contribution is 0.219. The molecule has 0 aromatic carbocycles. The molecule has 0 saturated carbocycles. The van der Waals surface area contributed by atoms with Gasteiger partial charge in [0.2, 0.25) is 0 Å². The van der Waals surface area contributed by atoms with E-state index in [4.69, 9.17) is 29.7 Å². The SMILES string of the molecule is CCCC.O=C(O)Cl.O=C(O)Cl.O=C(O)Cl. The van der Waals surface area contributed by atoms with Crippen LogP contribution in [-0.4, -0.2) is 31.6 Å². The highest BCUT2D eigenvalue weighted by Crippen LogP contribution is 1.76. The Kier molecular flexibility index (Phi) is 36.5. The maximum absolute atomic E-state index is 8.77. The molecule has 9 heteroatoms. The molecule has 0 aromatic heterocycles. The average Bonchev–Trinajstić information content (AvgIpc) is 2.00. The van der Waals surface area contributed by atoms with Crippen LogP contribution in [-0.2, 0) is 0 Å². The first-order valence-corrected chi connectivity index (χ1v) is 4.90.